The van der Waals surface area contributed by atoms with Crippen molar-refractivity contribution in [3.05, 3.63) is 41.5 Å². The Morgan fingerprint density at radius 1 is 1.35 bits per heavy atom. The lowest BCUT2D eigenvalue weighted by molar-refractivity contribution is 0.346. The average molecular weight is 380 g/mol. The second-order valence-electron chi connectivity index (χ2n) is 6.56. The number of hydrogen-bond acceptors (Lipinski definition) is 6. The quantitative estimate of drug-likeness (QED) is 0.753. The van der Waals surface area contributed by atoms with Crippen LogP contribution in [-0.4, -0.2) is 43.1 Å². The van der Waals surface area contributed by atoms with E-state index in [-0.39, 0.29) is 11.9 Å². The molecule has 8 nitrogen and oxygen atoms in total. The first-order chi connectivity index (χ1) is 12.3. The molecule has 1 fully saturated rings. The van der Waals surface area contributed by atoms with Crippen LogP contribution in [0.5, 0.6) is 5.75 Å². The van der Waals surface area contributed by atoms with Crippen molar-refractivity contribution in [3.63, 3.8) is 0 Å². The van der Waals surface area contributed by atoms with Crippen LogP contribution >= 0.6 is 0 Å². The third kappa shape index (κ3) is 3.89. The normalized spacial score (nSPS) is 17.3. The lowest BCUT2D eigenvalue weighted by atomic mass is 10.1. The van der Waals surface area contributed by atoms with Crippen LogP contribution in [-0.2, 0) is 10.2 Å². The van der Waals surface area contributed by atoms with E-state index >= 15 is 0 Å². The summed E-state index contributed by atoms with van der Waals surface area (Å²) in [5, 5.41) is 3.92. The summed E-state index contributed by atoms with van der Waals surface area (Å²) in [6.45, 7) is 3.58. The number of hydrogen-bond donors (Lipinski definition) is 1. The molecule has 0 aliphatic heterocycles. The Balaban J connectivity index is 1.96. The van der Waals surface area contributed by atoms with Crippen molar-refractivity contribution in [2.24, 2.45) is 5.92 Å². The van der Waals surface area contributed by atoms with E-state index in [1.54, 1.807) is 26.1 Å². The maximum Gasteiger partial charge on any atom is 0.280 e. The van der Waals surface area contributed by atoms with Crippen LogP contribution < -0.4 is 9.46 Å². The molecule has 1 aromatic carbocycles. The van der Waals surface area contributed by atoms with Crippen molar-refractivity contribution >= 4 is 10.2 Å². The van der Waals surface area contributed by atoms with Crippen molar-refractivity contribution in [1.82, 2.24) is 19.2 Å². The molecule has 2 aromatic rings. The maximum absolute atomic E-state index is 13.0. The fraction of sp³-hybridized carbons (Fsp3) is 0.529. The highest BCUT2D eigenvalue weighted by atomic mass is 32.2. The first-order valence-corrected chi connectivity index (χ1v) is 9.96. The van der Waals surface area contributed by atoms with Gasteiger partial charge < -0.3 is 9.26 Å². The summed E-state index contributed by atoms with van der Waals surface area (Å²) in [4.78, 5) is 4.22. The van der Waals surface area contributed by atoms with Crippen LogP contribution in [0.15, 0.2) is 28.8 Å². The summed E-state index contributed by atoms with van der Waals surface area (Å²) < 4.78 is 40.4. The predicted octanol–water partition coefficient (Wildman–Crippen LogP) is 2.04. The molecule has 1 heterocycles. The number of rotatable bonds is 8. The van der Waals surface area contributed by atoms with Gasteiger partial charge in [0, 0.05) is 25.6 Å². The Labute approximate surface area is 153 Å². The fourth-order valence-corrected chi connectivity index (χ4v) is 4.23. The Kier molecular flexibility index (Phi) is 5.31. The van der Waals surface area contributed by atoms with Crippen LogP contribution in [0.1, 0.15) is 43.1 Å². The second kappa shape index (κ2) is 7.34. The highest BCUT2D eigenvalue weighted by molar-refractivity contribution is 7.87. The smallest absolute Gasteiger partial charge is 0.280 e. The van der Waals surface area contributed by atoms with E-state index < -0.39 is 16.3 Å². The molecule has 0 bridgehead atoms. The first-order valence-electron chi connectivity index (χ1n) is 8.52. The molecule has 3 rings (SSSR count). The van der Waals surface area contributed by atoms with Crippen molar-refractivity contribution in [1.29, 1.82) is 0 Å². The molecular formula is C17H24N4O4S. The van der Waals surface area contributed by atoms with Crippen LogP contribution in [0, 0.1) is 12.8 Å². The number of aromatic nitrogens is 2. The minimum Gasteiger partial charge on any atom is -0.496 e. The molecule has 0 radical (unpaired) electrons. The number of nitrogens with one attached hydrogen (secondary N) is 1. The minimum atomic E-state index is -3.77. The van der Waals surface area contributed by atoms with Gasteiger partial charge in [-0.1, -0.05) is 23.4 Å². The monoisotopic (exact) mass is 380 g/mol. The predicted molar refractivity (Wildman–Crippen MR) is 95.9 cm³/mol. The molecule has 1 aromatic heterocycles. The minimum absolute atomic E-state index is 0.0715. The summed E-state index contributed by atoms with van der Waals surface area (Å²) in [5.41, 5.74) is 0.617. The molecule has 1 aliphatic carbocycles. The summed E-state index contributed by atoms with van der Waals surface area (Å²) >= 11 is 0. The molecule has 0 amide bonds. The molecule has 0 unspecified atom stereocenters. The lowest BCUT2D eigenvalue weighted by Gasteiger charge is -2.27. The third-order valence-corrected chi connectivity index (χ3v) is 6.40. The number of ether oxygens (including phenoxy) is 1. The zero-order valence-corrected chi connectivity index (χ0v) is 16.2. The van der Waals surface area contributed by atoms with Crippen LogP contribution in [0.25, 0.3) is 0 Å². The van der Waals surface area contributed by atoms with E-state index in [0.717, 1.165) is 12.8 Å². The van der Waals surface area contributed by atoms with Gasteiger partial charge >= 0.3 is 0 Å². The van der Waals surface area contributed by atoms with Gasteiger partial charge in [0.25, 0.3) is 10.2 Å². The van der Waals surface area contributed by atoms with Gasteiger partial charge in [0.1, 0.15) is 11.8 Å². The Morgan fingerprint density at radius 2 is 2.04 bits per heavy atom. The summed E-state index contributed by atoms with van der Waals surface area (Å²) in [5.74, 6) is 1.55. The maximum atomic E-state index is 13.0. The molecular weight excluding hydrogens is 356 g/mol. The average Bonchev–Trinajstić information content (AvgIpc) is 3.39. The van der Waals surface area contributed by atoms with E-state index in [1.807, 2.05) is 19.1 Å². The number of benzene rings is 1. The van der Waals surface area contributed by atoms with E-state index in [9.17, 15) is 8.42 Å². The van der Waals surface area contributed by atoms with E-state index in [0.29, 0.717) is 23.1 Å². The summed E-state index contributed by atoms with van der Waals surface area (Å²) in [6.07, 6.45) is 2.11. The topological polar surface area (TPSA) is 97.6 Å². The standard InChI is InChI=1S/C17H24N4O4S/c1-11(13-9-10-13)21(3)26(22,23)20-16(17-18-12(2)25-19-17)14-7-5-6-8-15(14)24-4/h5-8,11,13,16,20H,9-10H2,1-4H3/t11-,16+/m1/s1. The van der Waals surface area contributed by atoms with Gasteiger partial charge in [0.05, 0.1) is 7.11 Å². The Morgan fingerprint density at radius 3 is 2.62 bits per heavy atom. The molecule has 0 spiro atoms. The highest BCUT2D eigenvalue weighted by Gasteiger charge is 2.37. The number of methoxy groups -OCH3 is 1. The largest absolute Gasteiger partial charge is 0.496 e. The first kappa shape index (κ1) is 18.8. The van der Waals surface area contributed by atoms with E-state index in [1.165, 1.54) is 11.4 Å². The van der Waals surface area contributed by atoms with Crippen LogP contribution in [0.2, 0.25) is 0 Å². The van der Waals surface area contributed by atoms with Gasteiger partial charge in [-0.15, -0.1) is 0 Å². The lowest BCUT2D eigenvalue weighted by Crippen LogP contribution is -2.45. The highest BCUT2D eigenvalue weighted by Crippen LogP contribution is 2.36. The SMILES string of the molecule is COc1ccccc1[C@H](NS(=O)(=O)N(C)[C@H](C)C1CC1)c1noc(C)n1. The molecule has 1 N–H and O–H groups in total. The van der Waals surface area contributed by atoms with Gasteiger partial charge in [-0.3, -0.25) is 0 Å². The van der Waals surface area contributed by atoms with Crippen LogP contribution in [0.4, 0.5) is 0 Å². The number of aryl methyl sites for hydroxylation is 1. The van der Waals surface area contributed by atoms with Gasteiger partial charge in [0.15, 0.2) is 5.82 Å². The van der Waals surface area contributed by atoms with Crippen molar-refractivity contribution in [2.75, 3.05) is 14.2 Å². The van der Waals surface area contributed by atoms with Gasteiger partial charge in [-0.05, 0) is 31.7 Å². The van der Waals surface area contributed by atoms with Gasteiger partial charge in [-0.2, -0.15) is 22.4 Å². The van der Waals surface area contributed by atoms with Crippen molar-refractivity contribution < 1.29 is 17.7 Å². The van der Waals surface area contributed by atoms with Crippen molar-refractivity contribution in [2.45, 2.75) is 38.8 Å². The van der Waals surface area contributed by atoms with E-state index in [4.69, 9.17) is 9.26 Å². The molecule has 0 saturated heterocycles. The molecule has 1 aliphatic rings. The second-order valence-corrected chi connectivity index (χ2v) is 8.33. The zero-order chi connectivity index (χ0) is 18.9. The number of nitrogens with zero attached hydrogens (tertiary/aromatic N) is 3. The summed E-state index contributed by atoms with van der Waals surface area (Å²) in [7, 11) is -0.645. The fourth-order valence-electron chi connectivity index (χ4n) is 2.92. The number of para-hydroxylation sites is 1. The van der Waals surface area contributed by atoms with E-state index in [2.05, 4.69) is 14.9 Å². The molecule has 142 valence electrons. The van der Waals surface area contributed by atoms with Crippen molar-refractivity contribution in [3.8, 4) is 5.75 Å². The molecule has 2 atom stereocenters. The third-order valence-electron chi connectivity index (χ3n) is 4.78. The Bertz CT molecular complexity index is 863. The van der Waals surface area contributed by atoms with Crippen LogP contribution in [0.3, 0.4) is 0 Å². The van der Waals surface area contributed by atoms with Gasteiger partial charge in [-0.25, -0.2) is 0 Å². The molecule has 1 saturated carbocycles. The van der Waals surface area contributed by atoms with Gasteiger partial charge in [0.2, 0.25) is 5.89 Å². The Hall–Kier alpha value is -1.97. The molecule has 26 heavy (non-hydrogen) atoms. The zero-order valence-electron chi connectivity index (χ0n) is 15.3. The molecule has 9 heteroatoms. The summed E-state index contributed by atoms with van der Waals surface area (Å²) in [6, 6.07) is 6.28.